The van der Waals surface area contributed by atoms with Gasteiger partial charge in [-0.25, -0.2) is 14.4 Å². The zero-order chi connectivity index (χ0) is 27.3. The first-order valence-corrected chi connectivity index (χ1v) is 11.4. The Morgan fingerprint density at radius 1 is 1.19 bits per heavy atom. The fourth-order valence-corrected chi connectivity index (χ4v) is 3.27. The molecule has 0 aliphatic carbocycles. The topological polar surface area (TPSA) is 198 Å². The van der Waals surface area contributed by atoms with Gasteiger partial charge in [-0.15, -0.1) is 0 Å². The number of alkyl carbamates (subject to hydrolysis) is 1. The molecule has 3 atom stereocenters. The maximum atomic E-state index is 12.3. The van der Waals surface area contributed by atoms with E-state index in [2.05, 4.69) is 10.6 Å². The monoisotopic (exact) mass is 509 g/mol. The Kier molecular flexibility index (Phi) is 12.8. The lowest BCUT2D eigenvalue weighted by molar-refractivity contribution is -0.132. The Balaban J connectivity index is 2.60. The number of hydrogen-bond acceptors (Lipinski definition) is 9. The molecule has 0 unspecified atom stereocenters. The van der Waals surface area contributed by atoms with Crippen LogP contribution in [0.5, 0.6) is 5.75 Å². The van der Waals surface area contributed by atoms with Crippen LogP contribution in [0.3, 0.4) is 0 Å². The Morgan fingerprint density at radius 3 is 2.50 bits per heavy atom. The largest absolute Gasteiger partial charge is 0.507 e. The van der Waals surface area contributed by atoms with E-state index in [0.717, 1.165) is 0 Å². The average molecular weight is 510 g/mol. The van der Waals surface area contributed by atoms with Gasteiger partial charge < -0.3 is 41.2 Å². The van der Waals surface area contributed by atoms with Gasteiger partial charge in [-0.05, 0) is 38.0 Å². The molecule has 0 aliphatic rings. The quantitative estimate of drug-likeness (QED) is 0.0703. The normalized spacial score (nSPS) is 13.7. The number of aliphatic hydroxyl groups excluding tert-OH is 1. The lowest BCUT2D eigenvalue weighted by atomic mass is 9.90. The molecule has 0 radical (unpaired) electrons. The molecule has 1 aromatic carbocycles. The number of aliphatic hydroxyl groups is 1. The SMILES string of the molecule is CC(=O)N[C@H](C/C=C(\C)C(=O)O)[C@@H](C)[C@@H](CCO)OC(=O)NCCCOC(=O)c1cc(N)ccc1O. The molecule has 0 saturated heterocycles. The highest BCUT2D eigenvalue weighted by Gasteiger charge is 2.29. The molecular formula is C24H35N3O9. The summed E-state index contributed by atoms with van der Waals surface area (Å²) < 4.78 is 10.5. The first-order valence-electron chi connectivity index (χ1n) is 11.4. The van der Waals surface area contributed by atoms with Crippen LogP contribution in [0, 0.1) is 5.92 Å². The number of phenols is 1. The number of esters is 1. The Bertz CT molecular complexity index is 949. The van der Waals surface area contributed by atoms with Crippen LogP contribution >= 0.6 is 0 Å². The van der Waals surface area contributed by atoms with Gasteiger partial charge in [-0.3, -0.25) is 4.79 Å². The van der Waals surface area contributed by atoms with Gasteiger partial charge >= 0.3 is 18.0 Å². The fraction of sp³-hybridized carbons (Fsp3) is 0.500. The standard InChI is InChI=1S/C24H35N3O9/c1-14(22(31)32)5-7-19(27-16(3)29)15(2)21(9-11-28)36-24(34)26-10-4-12-35-23(33)18-13-17(25)6-8-20(18)30/h5-6,8,13,15,19,21,28,30H,4,7,9-12,25H2,1-3H3,(H,26,34)(H,27,29)(H,31,32)/b14-5+/t15-,19-,21-/m1/s1. The molecule has 12 nitrogen and oxygen atoms in total. The van der Waals surface area contributed by atoms with Crippen LogP contribution in [-0.2, 0) is 19.1 Å². The van der Waals surface area contributed by atoms with Gasteiger partial charge in [0.2, 0.25) is 5.91 Å². The maximum absolute atomic E-state index is 12.3. The molecular weight excluding hydrogens is 474 g/mol. The molecule has 0 fully saturated rings. The number of phenolic OH excluding ortho intramolecular Hbond substituents is 1. The third kappa shape index (κ3) is 10.6. The number of nitrogens with two attached hydrogens (primary N) is 1. The number of benzene rings is 1. The highest BCUT2D eigenvalue weighted by Crippen LogP contribution is 2.21. The molecule has 200 valence electrons. The molecule has 1 aromatic rings. The maximum Gasteiger partial charge on any atom is 0.407 e. The average Bonchev–Trinajstić information content (AvgIpc) is 2.81. The van der Waals surface area contributed by atoms with Crippen molar-refractivity contribution in [2.45, 2.75) is 52.2 Å². The molecule has 2 amide bonds. The van der Waals surface area contributed by atoms with E-state index < -0.39 is 36.1 Å². The number of aromatic hydroxyl groups is 1. The van der Waals surface area contributed by atoms with Crippen LogP contribution in [0.15, 0.2) is 29.8 Å². The fourth-order valence-electron chi connectivity index (χ4n) is 3.27. The van der Waals surface area contributed by atoms with Crippen molar-refractivity contribution >= 4 is 29.6 Å². The number of rotatable bonds is 14. The summed E-state index contributed by atoms with van der Waals surface area (Å²) >= 11 is 0. The van der Waals surface area contributed by atoms with Crippen LogP contribution in [-0.4, -0.2) is 71.2 Å². The molecule has 12 heteroatoms. The number of carboxylic acid groups (broad SMARTS) is 1. The number of nitrogens with one attached hydrogen (secondary N) is 2. The third-order valence-electron chi connectivity index (χ3n) is 5.36. The molecule has 0 saturated carbocycles. The molecule has 0 bridgehead atoms. The van der Waals surface area contributed by atoms with Crippen molar-refractivity contribution < 1.29 is 44.0 Å². The molecule has 0 aromatic heterocycles. The van der Waals surface area contributed by atoms with Crippen molar-refractivity contribution in [2.24, 2.45) is 5.92 Å². The summed E-state index contributed by atoms with van der Waals surface area (Å²) in [5, 5.41) is 33.5. The van der Waals surface area contributed by atoms with E-state index in [0.29, 0.717) is 5.69 Å². The summed E-state index contributed by atoms with van der Waals surface area (Å²) in [5.74, 6) is -2.87. The van der Waals surface area contributed by atoms with Gasteiger partial charge in [-0.2, -0.15) is 0 Å². The third-order valence-corrected chi connectivity index (χ3v) is 5.36. The summed E-state index contributed by atoms with van der Waals surface area (Å²) in [7, 11) is 0. The van der Waals surface area contributed by atoms with Crippen molar-refractivity contribution in [2.75, 3.05) is 25.5 Å². The van der Waals surface area contributed by atoms with Crippen molar-refractivity contribution in [3.63, 3.8) is 0 Å². The van der Waals surface area contributed by atoms with E-state index in [-0.39, 0.29) is 61.8 Å². The van der Waals surface area contributed by atoms with Crippen molar-refractivity contribution in [1.29, 1.82) is 0 Å². The van der Waals surface area contributed by atoms with Crippen LogP contribution in [0.2, 0.25) is 0 Å². The number of ether oxygens (including phenoxy) is 2. The van der Waals surface area contributed by atoms with E-state index in [9.17, 15) is 29.4 Å². The highest BCUT2D eigenvalue weighted by atomic mass is 16.6. The smallest absolute Gasteiger partial charge is 0.407 e. The van der Waals surface area contributed by atoms with Crippen LogP contribution in [0.1, 0.15) is 50.4 Å². The predicted octanol–water partition coefficient (Wildman–Crippen LogP) is 1.56. The number of aliphatic carboxylic acids is 1. The predicted molar refractivity (Wildman–Crippen MR) is 130 cm³/mol. The van der Waals surface area contributed by atoms with Gasteiger partial charge in [0.05, 0.1) is 6.61 Å². The van der Waals surface area contributed by atoms with E-state index in [1.165, 1.54) is 38.1 Å². The van der Waals surface area contributed by atoms with Crippen LogP contribution in [0.25, 0.3) is 0 Å². The van der Waals surface area contributed by atoms with Crippen LogP contribution < -0.4 is 16.4 Å². The zero-order valence-corrected chi connectivity index (χ0v) is 20.7. The molecule has 0 spiro atoms. The van der Waals surface area contributed by atoms with Gasteiger partial charge in [0.1, 0.15) is 17.4 Å². The Labute approximate surface area is 209 Å². The minimum Gasteiger partial charge on any atom is -0.507 e. The molecule has 1 rings (SSSR count). The first-order chi connectivity index (χ1) is 17.0. The first kappa shape index (κ1) is 30.2. The number of amides is 2. The van der Waals surface area contributed by atoms with Crippen molar-refractivity contribution in [3.05, 3.63) is 35.4 Å². The van der Waals surface area contributed by atoms with Crippen molar-refractivity contribution in [3.8, 4) is 5.75 Å². The zero-order valence-electron chi connectivity index (χ0n) is 20.7. The molecule has 0 heterocycles. The second-order valence-electron chi connectivity index (χ2n) is 8.24. The van der Waals surface area contributed by atoms with Gasteiger partial charge in [-0.1, -0.05) is 13.0 Å². The summed E-state index contributed by atoms with van der Waals surface area (Å²) in [4.78, 5) is 47.0. The minimum absolute atomic E-state index is 0.0380. The number of carboxylic acids is 1. The Morgan fingerprint density at radius 2 is 1.89 bits per heavy atom. The number of carbonyl (C=O) groups is 4. The van der Waals surface area contributed by atoms with Gasteiger partial charge in [0.25, 0.3) is 0 Å². The van der Waals surface area contributed by atoms with Gasteiger partial charge in [0.15, 0.2) is 0 Å². The number of carbonyl (C=O) groups excluding carboxylic acids is 3. The highest BCUT2D eigenvalue weighted by molar-refractivity contribution is 5.93. The number of anilines is 1. The summed E-state index contributed by atoms with van der Waals surface area (Å²) in [5.41, 5.74) is 5.94. The second kappa shape index (κ2) is 15.2. The lowest BCUT2D eigenvalue weighted by Gasteiger charge is -2.30. The summed E-state index contributed by atoms with van der Waals surface area (Å²) in [6.07, 6.45) is 0.500. The van der Waals surface area contributed by atoms with Crippen LogP contribution in [0.4, 0.5) is 10.5 Å². The van der Waals surface area contributed by atoms with E-state index in [4.69, 9.17) is 20.3 Å². The molecule has 7 N–H and O–H groups in total. The van der Waals surface area contributed by atoms with Gasteiger partial charge in [0, 0.05) is 49.7 Å². The number of nitrogen functional groups attached to an aromatic ring is 1. The van der Waals surface area contributed by atoms with E-state index in [1.54, 1.807) is 6.92 Å². The minimum atomic E-state index is -1.08. The molecule has 0 aliphatic heterocycles. The van der Waals surface area contributed by atoms with E-state index >= 15 is 0 Å². The Hall–Kier alpha value is -3.80. The number of hydrogen-bond donors (Lipinski definition) is 6. The molecule has 36 heavy (non-hydrogen) atoms. The summed E-state index contributed by atoms with van der Waals surface area (Å²) in [6.45, 7) is 4.29. The second-order valence-corrected chi connectivity index (χ2v) is 8.24. The lowest BCUT2D eigenvalue weighted by Crippen LogP contribution is -2.45. The summed E-state index contributed by atoms with van der Waals surface area (Å²) in [6, 6.07) is 3.48. The van der Waals surface area contributed by atoms with E-state index in [1.807, 2.05) is 0 Å². The van der Waals surface area contributed by atoms with Crippen molar-refractivity contribution in [1.82, 2.24) is 10.6 Å².